The van der Waals surface area contributed by atoms with Gasteiger partial charge in [-0.3, -0.25) is 4.90 Å². The van der Waals surface area contributed by atoms with Gasteiger partial charge in [0, 0.05) is 32.3 Å². The molecule has 2 aliphatic heterocycles. The van der Waals surface area contributed by atoms with E-state index in [9.17, 15) is 8.78 Å². The minimum absolute atomic E-state index is 0.155. The summed E-state index contributed by atoms with van der Waals surface area (Å²) < 4.78 is 43.6. The SMILES string of the molecule is Fc1cc(F)cc(CN(Cc2ccc3c(c2)OCO3)CC2CCCO2)c1. The smallest absolute Gasteiger partial charge is 0.231 e. The third-order valence-corrected chi connectivity index (χ3v) is 4.66. The highest BCUT2D eigenvalue weighted by atomic mass is 19.1. The molecule has 2 heterocycles. The second kappa shape index (κ2) is 7.60. The molecule has 138 valence electrons. The van der Waals surface area contributed by atoms with Crippen LogP contribution in [0.1, 0.15) is 24.0 Å². The maximum Gasteiger partial charge on any atom is 0.231 e. The zero-order valence-corrected chi connectivity index (χ0v) is 14.4. The summed E-state index contributed by atoms with van der Waals surface area (Å²) in [5, 5.41) is 0. The maximum atomic E-state index is 13.5. The van der Waals surface area contributed by atoms with E-state index >= 15 is 0 Å². The van der Waals surface area contributed by atoms with Gasteiger partial charge in [-0.1, -0.05) is 6.07 Å². The van der Waals surface area contributed by atoms with E-state index in [1.54, 1.807) is 0 Å². The molecule has 1 saturated heterocycles. The van der Waals surface area contributed by atoms with Gasteiger partial charge in [0.25, 0.3) is 0 Å². The van der Waals surface area contributed by atoms with Gasteiger partial charge in [-0.05, 0) is 48.2 Å². The van der Waals surface area contributed by atoms with E-state index in [0.29, 0.717) is 25.2 Å². The Morgan fingerprint density at radius 2 is 1.69 bits per heavy atom. The molecule has 0 aromatic heterocycles. The number of halogens is 2. The van der Waals surface area contributed by atoms with Gasteiger partial charge in [-0.15, -0.1) is 0 Å². The Kier molecular flexibility index (Phi) is 5.04. The number of hydrogen-bond acceptors (Lipinski definition) is 4. The first-order valence-corrected chi connectivity index (χ1v) is 8.83. The number of nitrogens with zero attached hydrogens (tertiary/aromatic N) is 1. The minimum atomic E-state index is -0.555. The third kappa shape index (κ3) is 4.14. The van der Waals surface area contributed by atoms with Gasteiger partial charge >= 0.3 is 0 Å². The van der Waals surface area contributed by atoms with Gasteiger partial charge in [0.15, 0.2) is 11.5 Å². The summed E-state index contributed by atoms with van der Waals surface area (Å²) in [6.07, 6.45) is 2.22. The van der Waals surface area contributed by atoms with Crippen molar-refractivity contribution in [3.8, 4) is 11.5 Å². The topological polar surface area (TPSA) is 30.9 Å². The zero-order chi connectivity index (χ0) is 17.9. The van der Waals surface area contributed by atoms with E-state index < -0.39 is 11.6 Å². The van der Waals surface area contributed by atoms with Crippen molar-refractivity contribution in [3.63, 3.8) is 0 Å². The predicted molar refractivity (Wildman–Crippen MR) is 92.0 cm³/mol. The van der Waals surface area contributed by atoms with Crippen LogP contribution in [0.2, 0.25) is 0 Å². The average Bonchev–Trinajstić information content (AvgIpc) is 3.24. The summed E-state index contributed by atoms with van der Waals surface area (Å²) in [6, 6.07) is 9.49. The summed E-state index contributed by atoms with van der Waals surface area (Å²) in [6.45, 7) is 2.81. The lowest BCUT2D eigenvalue weighted by Gasteiger charge is -2.25. The van der Waals surface area contributed by atoms with Crippen molar-refractivity contribution in [3.05, 3.63) is 59.2 Å². The fourth-order valence-electron chi connectivity index (χ4n) is 3.52. The van der Waals surface area contributed by atoms with Crippen molar-refractivity contribution in [2.75, 3.05) is 19.9 Å². The molecule has 0 aliphatic carbocycles. The highest BCUT2D eigenvalue weighted by Gasteiger charge is 2.21. The molecular formula is C20H21F2NO3. The Hall–Kier alpha value is -2.18. The van der Waals surface area contributed by atoms with Crippen LogP contribution in [0, 0.1) is 11.6 Å². The van der Waals surface area contributed by atoms with E-state index in [-0.39, 0.29) is 12.9 Å². The first kappa shape index (κ1) is 17.2. The third-order valence-electron chi connectivity index (χ3n) is 4.66. The van der Waals surface area contributed by atoms with E-state index in [1.165, 1.54) is 12.1 Å². The molecule has 0 radical (unpaired) electrons. The van der Waals surface area contributed by atoms with Crippen molar-refractivity contribution in [2.24, 2.45) is 0 Å². The van der Waals surface area contributed by atoms with Crippen molar-refractivity contribution < 1.29 is 23.0 Å². The van der Waals surface area contributed by atoms with Gasteiger partial charge < -0.3 is 14.2 Å². The van der Waals surface area contributed by atoms with Crippen molar-refractivity contribution in [1.29, 1.82) is 0 Å². The Morgan fingerprint density at radius 1 is 0.923 bits per heavy atom. The van der Waals surface area contributed by atoms with E-state index in [2.05, 4.69) is 4.90 Å². The number of benzene rings is 2. The molecule has 0 N–H and O–H groups in total. The molecule has 2 aliphatic rings. The van der Waals surface area contributed by atoms with Gasteiger partial charge in [-0.25, -0.2) is 8.78 Å². The van der Waals surface area contributed by atoms with Gasteiger partial charge in [0.1, 0.15) is 11.6 Å². The van der Waals surface area contributed by atoms with Gasteiger partial charge in [-0.2, -0.15) is 0 Å². The van der Waals surface area contributed by atoms with Crippen molar-refractivity contribution >= 4 is 0 Å². The lowest BCUT2D eigenvalue weighted by atomic mass is 10.1. The molecule has 1 unspecified atom stereocenters. The molecule has 4 rings (SSSR count). The summed E-state index contributed by atoms with van der Waals surface area (Å²) in [5.41, 5.74) is 1.67. The largest absolute Gasteiger partial charge is 0.454 e. The number of rotatable bonds is 6. The van der Waals surface area contributed by atoms with Crippen LogP contribution in [-0.2, 0) is 17.8 Å². The van der Waals surface area contributed by atoms with Crippen LogP contribution in [0.4, 0.5) is 8.78 Å². The van der Waals surface area contributed by atoms with Crippen LogP contribution >= 0.6 is 0 Å². The Morgan fingerprint density at radius 3 is 2.46 bits per heavy atom. The lowest BCUT2D eigenvalue weighted by molar-refractivity contribution is 0.0678. The molecule has 6 heteroatoms. The molecule has 2 aromatic rings. The first-order chi connectivity index (χ1) is 12.7. The van der Waals surface area contributed by atoms with Crippen LogP contribution in [-0.4, -0.2) is 30.9 Å². The summed E-state index contributed by atoms with van der Waals surface area (Å²) in [7, 11) is 0. The number of ether oxygens (including phenoxy) is 3. The second-order valence-electron chi connectivity index (χ2n) is 6.77. The summed E-state index contributed by atoms with van der Waals surface area (Å²) >= 11 is 0. The summed E-state index contributed by atoms with van der Waals surface area (Å²) in [5.74, 6) is 0.364. The molecule has 0 bridgehead atoms. The molecule has 0 amide bonds. The van der Waals surface area contributed by atoms with Gasteiger partial charge in [0.2, 0.25) is 6.79 Å². The molecule has 4 nitrogen and oxygen atoms in total. The highest BCUT2D eigenvalue weighted by Crippen LogP contribution is 2.33. The van der Waals surface area contributed by atoms with E-state index in [1.807, 2.05) is 18.2 Å². The number of hydrogen-bond donors (Lipinski definition) is 0. The first-order valence-electron chi connectivity index (χ1n) is 8.83. The fraction of sp³-hybridized carbons (Fsp3) is 0.400. The van der Waals surface area contributed by atoms with Crippen LogP contribution in [0.3, 0.4) is 0 Å². The lowest BCUT2D eigenvalue weighted by Crippen LogP contribution is -2.31. The van der Waals surface area contributed by atoms with Crippen molar-refractivity contribution in [2.45, 2.75) is 32.0 Å². The molecular weight excluding hydrogens is 340 g/mol. The predicted octanol–water partition coefficient (Wildman–Crippen LogP) is 3.87. The van der Waals surface area contributed by atoms with Gasteiger partial charge in [0.05, 0.1) is 6.10 Å². The Labute approximate surface area is 151 Å². The minimum Gasteiger partial charge on any atom is -0.454 e. The molecule has 0 saturated carbocycles. The molecule has 0 spiro atoms. The standard InChI is InChI=1S/C20H21F2NO3/c21-16-6-15(7-17(22)9-16)11-23(12-18-2-1-5-24-18)10-14-3-4-19-20(8-14)26-13-25-19/h3-4,6-9,18H,1-2,5,10-13H2. The van der Waals surface area contributed by atoms with Crippen LogP contribution in [0.25, 0.3) is 0 Å². The number of fused-ring (bicyclic) bond motifs is 1. The van der Waals surface area contributed by atoms with Crippen LogP contribution in [0.15, 0.2) is 36.4 Å². The van der Waals surface area contributed by atoms with Crippen molar-refractivity contribution in [1.82, 2.24) is 4.90 Å². The Balaban J connectivity index is 1.51. The molecule has 1 fully saturated rings. The second-order valence-corrected chi connectivity index (χ2v) is 6.77. The van der Waals surface area contributed by atoms with Crippen LogP contribution in [0.5, 0.6) is 11.5 Å². The maximum absolute atomic E-state index is 13.5. The van der Waals surface area contributed by atoms with Crippen LogP contribution < -0.4 is 9.47 Å². The average molecular weight is 361 g/mol. The summed E-state index contributed by atoms with van der Waals surface area (Å²) in [4.78, 5) is 2.15. The molecule has 26 heavy (non-hydrogen) atoms. The molecule has 2 aromatic carbocycles. The fourth-order valence-corrected chi connectivity index (χ4v) is 3.52. The molecule has 1 atom stereocenters. The zero-order valence-electron chi connectivity index (χ0n) is 14.4. The quantitative estimate of drug-likeness (QED) is 0.781. The normalized spacial score (nSPS) is 18.7. The van der Waals surface area contributed by atoms with E-state index in [4.69, 9.17) is 14.2 Å². The monoisotopic (exact) mass is 361 g/mol. The Bertz CT molecular complexity index is 757. The highest BCUT2D eigenvalue weighted by molar-refractivity contribution is 5.44. The van der Waals surface area contributed by atoms with E-state index in [0.717, 1.165) is 42.6 Å².